The molecule has 1 aromatic heterocycles. The summed E-state index contributed by atoms with van der Waals surface area (Å²) in [5.74, 6) is 2.13. The molecular weight excluding hydrogens is 398 g/mol. The fourth-order valence-electron chi connectivity index (χ4n) is 3.77. The second kappa shape index (κ2) is 8.07. The van der Waals surface area contributed by atoms with Gasteiger partial charge in [0.15, 0.2) is 0 Å². The van der Waals surface area contributed by atoms with Crippen molar-refractivity contribution in [1.29, 1.82) is 0 Å². The molecule has 1 aliphatic rings. The Labute approximate surface area is 180 Å². The predicted molar refractivity (Wildman–Crippen MR) is 120 cm³/mol. The van der Waals surface area contributed by atoms with Crippen LogP contribution in [0.3, 0.4) is 0 Å². The van der Waals surface area contributed by atoms with E-state index in [9.17, 15) is 4.79 Å². The molecule has 4 rings (SSSR count). The van der Waals surface area contributed by atoms with E-state index in [0.717, 1.165) is 39.6 Å². The van der Waals surface area contributed by atoms with Gasteiger partial charge in [-0.05, 0) is 38.5 Å². The summed E-state index contributed by atoms with van der Waals surface area (Å²) in [5.41, 5.74) is 4.88. The minimum Gasteiger partial charge on any atom is -0.497 e. The van der Waals surface area contributed by atoms with E-state index in [-0.39, 0.29) is 16.4 Å². The zero-order valence-electron chi connectivity index (χ0n) is 17.7. The zero-order chi connectivity index (χ0) is 21.4. The molecule has 2 heterocycles. The van der Waals surface area contributed by atoms with Crippen molar-refractivity contribution in [2.45, 2.75) is 31.3 Å². The smallest absolute Gasteiger partial charge is 0.238 e. The second-order valence-electron chi connectivity index (χ2n) is 7.30. The third kappa shape index (κ3) is 3.43. The van der Waals surface area contributed by atoms with Crippen molar-refractivity contribution < 1.29 is 14.3 Å². The Hall–Kier alpha value is -2.93. The van der Waals surface area contributed by atoms with Crippen molar-refractivity contribution in [3.8, 4) is 17.2 Å². The van der Waals surface area contributed by atoms with Gasteiger partial charge in [0, 0.05) is 17.2 Å². The number of aromatic nitrogens is 2. The summed E-state index contributed by atoms with van der Waals surface area (Å²) in [6.07, 6.45) is 0. The number of nitrogens with one attached hydrogen (secondary N) is 1. The van der Waals surface area contributed by atoms with Crippen molar-refractivity contribution in [2.24, 2.45) is 0 Å². The minimum absolute atomic E-state index is 0.0361. The number of carbonyl (C=O) groups excluding carboxylic acids is 1. The van der Waals surface area contributed by atoms with Crippen molar-refractivity contribution in [3.63, 3.8) is 0 Å². The number of ether oxygens (including phenoxy) is 2. The number of methoxy groups -OCH3 is 2. The number of amides is 1. The van der Waals surface area contributed by atoms with Gasteiger partial charge in [0.25, 0.3) is 0 Å². The van der Waals surface area contributed by atoms with Crippen molar-refractivity contribution in [3.05, 3.63) is 64.8 Å². The molecule has 0 saturated carbocycles. The van der Waals surface area contributed by atoms with Gasteiger partial charge in [-0.25, -0.2) is 4.68 Å². The van der Waals surface area contributed by atoms with E-state index in [1.54, 1.807) is 26.0 Å². The Morgan fingerprint density at radius 2 is 1.87 bits per heavy atom. The monoisotopic (exact) mass is 423 g/mol. The van der Waals surface area contributed by atoms with Gasteiger partial charge in [-0.1, -0.05) is 24.3 Å². The lowest BCUT2D eigenvalue weighted by Crippen LogP contribution is -2.22. The van der Waals surface area contributed by atoms with Crippen LogP contribution in [0.2, 0.25) is 0 Å². The van der Waals surface area contributed by atoms with E-state index >= 15 is 0 Å². The minimum atomic E-state index is -0.237. The van der Waals surface area contributed by atoms with Crippen LogP contribution in [-0.4, -0.2) is 35.2 Å². The molecule has 0 bridgehead atoms. The molecule has 3 aromatic rings. The van der Waals surface area contributed by atoms with Crippen LogP contribution in [0.1, 0.15) is 34.6 Å². The summed E-state index contributed by atoms with van der Waals surface area (Å²) >= 11 is 1.59. The van der Waals surface area contributed by atoms with Crippen LogP contribution in [0.25, 0.3) is 5.69 Å². The third-order valence-electron chi connectivity index (χ3n) is 5.39. The lowest BCUT2D eigenvalue weighted by molar-refractivity contribution is -0.115. The molecule has 7 heteroatoms. The summed E-state index contributed by atoms with van der Waals surface area (Å²) in [5, 5.41) is 7.58. The number of hydrogen-bond donors (Lipinski definition) is 1. The van der Waals surface area contributed by atoms with E-state index in [1.807, 2.05) is 67.9 Å². The largest absolute Gasteiger partial charge is 0.497 e. The normalized spacial score (nSPS) is 18.4. The number of anilines is 1. The predicted octanol–water partition coefficient (Wildman–Crippen LogP) is 4.67. The molecule has 2 atom stereocenters. The quantitative estimate of drug-likeness (QED) is 0.661. The van der Waals surface area contributed by atoms with Crippen LogP contribution in [0.15, 0.2) is 42.5 Å². The van der Waals surface area contributed by atoms with E-state index in [1.165, 1.54) is 0 Å². The van der Waals surface area contributed by atoms with Gasteiger partial charge >= 0.3 is 0 Å². The molecule has 6 nitrogen and oxygen atoms in total. The summed E-state index contributed by atoms with van der Waals surface area (Å²) in [6.45, 7) is 5.95. The maximum atomic E-state index is 12.9. The summed E-state index contributed by atoms with van der Waals surface area (Å²) in [4.78, 5) is 12.9. The highest BCUT2D eigenvalue weighted by Crippen LogP contribution is 2.49. The first kappa shape index (κ1) is 20.3. The lowest BCUT2D eigenvalue weighted by Gasteiger charge is -2.20. The number of rotatable bonds is 4. The third-order valence-corrected chi connectivity index (χ3v) is 6.77. The SMILES string of the molecule is COc1ccc([C@@H]2S[C@@H](C)C(=O)Nc3c2c(C)nn3-c2ccccc2C)c(OC)c1. The van der Waals surface area contributed by atoms with Gasteiger partial charge < -0.3 is 14.8 Å². The first-order valence-electron chi connectivity index (χ1n) is 9.78. The molecular formula is C23H25N3O3S. The standard InChI is InChI=1S/C23H25N3O3S/c1-13-8-6-7-9-18(13)26-22-20(14(2)25-26)21(30-15(3)23(27)24-22)17-11-10-16(28-4)12-19(17)29-5/h6-12,15,21H,1-5H3,(H,24,27)/t15-,21-/m0/s1. The fourth-order valence-corrected chi connectivity index (χ4v) is 5.12. The van der Waals surface area contributed by atoms with Gasteiger partial charge in [0.2, 0.25) is 5.91 Å². The van der Waals surface area contributed by atoms with E-state index in [4.69, 9.17) is 14.6 Å². The number of aryl methyl sites for hydroxylation is 2. The van der Waals surface area contributed by atoms with Gasteiger partial charge in [-0.15, -0.1) is 11.8 Å². The molecule has 0 aliphatic carbocycles. The Morgan fingerprint density at radius 1 is 1.10 bits per heavy atom. The zero-order valence-corrected chi connectivity index (χ0v) is 18.5. The average molecular weight is 424 g/mol. The van der Waals surface area contributed by atoms with Gasteiger partial charge in [-0.3, -0.25) is 4.79 Å². The Balaban J connectivity index is 1.94. The molecule has 0 fully saturated rings. The topological polar surface area (TPSA) is 65.4 Å². The highest BCUT2D eigenvalue weighted by molar-refractivity contribution is 8.01. The fraction of sp³-hybridized carbons (Fsp3) is 0.304. The first-order valence-corrected chi connectivity index (χ1v) is 10.7. The van der Waals surface area contributed by atoms with Crippen molar-refractivity contribution in [2.75, 3.05) is 19.5 Å². The Morgan fingerprint density at radius 3 is 2.57 bits per heavy atom. The average Bonchev–Trinajstić information content (AvgIpc) is 2.99. The van der Waals surface area contributed by atoms with E-state index < -0.39 is 0 Å². The van der Waals surface area contributed by atoms with E-state index in [0.29, 0.717) is 5.82 Å². The molecule has 30 heavy (non-hydrogen) atoms. The van der Waals surface area contributed by atoms with Gasteiger partial charge in [-0.2, -0.15) is 5.10 Å². The van der Waals surface area contributed by atoms with Crippen LogP contribution in [-0.2, 0) is 4.79 Å². The van der Waals surface area contributed by atoms with Gasteiger partial charge in [0.05, 0.1) is 36.1 Å². The summed E-state index contributed by atoms with van der Waals surface area (Å²) in [6, 6.07) is 13.8. The van der Waals surface area contributed by atoms with Crippen LogP contribution in [0.4, 0.5) is 5.82 Å². The Bertz CT molecular complexity index is 1110. The lowest BCUT2D eigenvalue weighted by atomic mass is 10.0. The summed E-state index contributed by atoms with van der Waals surface area (Å²) < 4.78 is 12.9. The van der Waals surface area contributed by atoms with Crippen molar-refractivity contribution >= 4 is 23.5 Å². The molecule has 0 spiro atoms. The van der Waals surface area contributed by atoms with Crippen LogP contribution in [0, 0.1) is 13.8 Å². The number of fused-ring (bicyclic) bond motifs is 1. The molecule has 1 aliphatic heterocycles. The van der Waals surface area contributed by atoms with Crippen LogP contribution >= 0.6 is 11.8 Å². The van der Waals surface area contributed by atoms with Crippen LogP contribution < -0.4 is 14.8 Å². The maximum Gasteiger partial charge on any atom is 0.238 e. The molecule has 2 aromatic carbocycles. The molecule has 0 saturated heterocycles. The molecule has 0 unspecified atom stereocenters. The highest BCUT2D eigenvalue weighted by atomic mass is 32.2. The molecule has 0 radical (unpaired) electrons. The molecule has 1 amide bonds. The number of carbonyl (C=O) groups is 1. The summed E-state index contributed by atoms with van der Waals surface area (Å²) in [7, 11) is 3.28. The molecule has 156 valence electrons. The number of thioether (sulfide) groups is 1. The van der Waals surface area contributed by atoms with E-state index in [2.05, 4.69) is 5.32 Å². The maximum absolute atomic E-state index is 12.9. The van der Waals surface area contributed by atoms with Gasteiger partial charge in [0.1, 0.15) is 17.3 Å². The number of nitrogens with zero attached hydrogens (tertiary/aromatic N) is 2. The highest BCUT2D eigenvalue weighted by Gasteiger charge is 2.35. The van der Waals surface area contributed by atoms with Crippen LogP contribution in [0.5, 0.6) is 11.5 Å². The first-order chi connectivity index (χ1) is 14.4. The van der Waals surface area contributed by atoms with Crippen molar-refractivity contribution in [1.82, 2.24) is 9.78 Å². The number of para-hydroxylation sites is 1. The molecule has 1 N–H and O–H groups in total. The second-order valence-corrected chi connectivity index (χ2v) is 8.75. The number of hydrogen-bond acceptors (Lipinski definition) is 5. The Kier molecular flexibility index (Phi) is 5.47. The number of benzene rings is 2.